The second-order valence-electron chi connectivity index (χ2n) is 7.75. The topological polar surface area (TPSA) is 133 Å². The van der Waals surface area contributed by atoms with Gasteiger partial charge in [0.1, 0.15) is 5.75 Å². The lowest BCUT2D eigenvalue weighted by atomic mass is 10.1. The lowest BCUT2D eigenvalue weighted by molar-refractivity contribution is -0.149. The van der Waals surface area contributed by atoms with Gasteiger partial charge in [-0.1, -0.05) is 29.3 Å². The van der Waals surface area contributed by atoms with Crippen molar-refractivity contribution in [3.8, 4) is 5.75 Å². The molecule has 11 heteroatoms. The molecule has 0 bridgehead atoms. The summed E-state index contributed by atoms with van der Waals surface area (Å²) >= 11 is 6.08. The van der Waals surface area contributed by atoms with Crippen LogP contribution in [0.1, 0.15) is 17.8 Å². The number of hydrogen-bond acceptors (Lipinski definition) is 9. The van der Waals surface area contributed by atoms with Crippen LogP contribution >= 0.6 is 11.6 Å². The van der Waals surface area contributed by atoms with Gasteiger partial charge < -0.3 is 25.4 Å². The maximum atomic E-state index is 12.7. The lowest BCUT2D eigenvalue weighted by Gasteiger charge is -2.19. The number of hydrogen-bond donors (Lipinski definition) is 2. The van der Waals surface area contributed by atoms with E-state index in [1.807, 2.05) is 31.2 Å². The number of carbonyl (C=O) groups is 2. The molecule has 3 aromatic rings. The first kappa shape index (κ1) is 23.2. The Labute approximate surface area is 201 Å². The predicted molar refractivity (Wildman–Crippen MR) is 127 cm³/mol. The van der Waals surface area contributed by atoms with Crippen LogP contribution in [0.5, 0.6) is 5.75 Å². The van der Waals surface area contributed by atoms with E-state index >= 15 is 0 Å². The van der Waals surface area contributed by atoms with Gasteiger partial charge in [-0.3, -0.25) is 9.59 Å². The Morgan fingerprint density at radius 2 is 1.97 bits per heavy atom. The maximum Gasteiger partial charge on any atom is 0.311 e. The average Bonchev–Trinajstić information content (AvgIpc) is 3.20. The van der Waals surface area contributed by atoms with E-state index in [1.165, 1.54) is 12.0 Å². The molecule has 0 unspecified atom stereocenters. The third-order valence-electron chi connectivity index (χ3n) is 5.24. The lowest BCUT2D eigenvalue weighted by Crippen LogP contribution is -2.27. The number of nitrogens with one attached hydrogen (secondary N) is 1. The molecule has 0 saturated carbocycles. The molecule has 1 saturated heterocycles. The number of anilines is 4. The van der Waals surface area contributed by atoms with Crippen molar-refractivity contribution in [3.05, 3.63) is 58.9 Å². The van der Waals surface area contributed by atoms with Gasteiger partial charge in [0.2, 0.25) is 17.8 Å². The fraction of sp³-hybridized carbons (Fsp3) is 0.261. The molecule has 10 nitrogen and oxygen atoms in total. The zero-order valence-corrected chi connectivity index (χ0v) is 19.4. The predicted octanol–water partition coefficient (Wildman–Crippen LogP) is 3.26. The summed E-state index contributed by atoms with van der Waals surface area (Å²) in [6, 6.07) is 12.6. The highest BCUT2D eigenvalue weighted by Gasteiger charge is 2.37. The maximum absolute atomic E-state index is 12.7. The van der Waals surface area contributed by atoms with E-state index in [9.17, 15) is 9.59 Å². The Kier molecular flexibility index (Phi) is 6.78. The number of esters is 1. The normalized spacial score (nSPS) is 15.3. The van der Waals surface area contributed by atoms with E-state index in [0.717, 1.165) is 11.3 Å². The number of nitrogen functional groups attached to an aromatic ring is 1. The summed E-state index contributed by atoms with van der Waals surface area (Å²) in [5.41, 5.74) is 8.19. The van der Waals surface area contributed by atoms with Crippen molar-refractivity contribution in [1.29, 1.82) is 0 Å². The fourth-order valence-electron chi connectivity index (χ4n) is 3.55. The van der Waals surface area contributed by atoms with Crippen LogP contribution in [0.15, 0.2) is 42.5 Å². The fourth-order valence-corrected chi connectivity index (χ4v) is 3.72. The quantitative estimate of drug-likeness (QED) is 0.486. The molecule has 1 aliphatic rings. The van der Waals surface area contributed by atoms with Crippen LogP contribution < -0.4 is 20.7 Å². The molecular weight excluding hydrogens is 460 g/mol. The van der Waals surface area contributed by atoms with E-state index in [1.54, 1.807) is 18.2 Å². The first-order valence-electron chi connectivity index (χ1n) is 10.5. The number of ether oxygens (including phenoxy) is 2. The van der Waals surface area contributed by atoms with Crippen LogP contribution in [0.4, 0.5) is 23.3 Å². The molecule has 3 N–H and O–H groups in total. The summed E-state index contributed by atoms with van der Waals surface area (Å²) in [6.45, 7) is 1.92. The number of aryl methyl sites for hydroxylation is 1. The highest BCUT2D eigenvalue weighted by Crippen LogP contribution is 2.35. The number of nitrogens with zero attached hydrogens (tertiary/aromatic N) is 4. The van der Waals surface area contributed by atoms with Crippen molar-refractivity contribution >= 4 is 46.7 Å². The highest BCUT2D eigenvalue weighted by molar-refractivity contribution is 6.31. The largest absolute Gasteiger partial charge is 0.495 e. The van der Waals surface area contributed by atoms with E-state index in [0.29, 0.717) is 16.5 Å². The van der Waals surface area contributed by atoms with Gasteiger partial charge in [-0.25, -0.2) is 0 Å². The number of amides is 1. The van der Waals surface area contributed by atoms with Crippen molar-refractivity contribution in [3.63, 3.8) is 0 Å². The highest BCUT2D eigenvalue weighted by atomic mass is 35.5. The Morgan fingerprint density at radius 1 is 1.21 bits per heavy atom. The van der Waals surface area contributed by atoms with Crippen LogP contribution in [-0.2, 0) is 20.9 Å². The van der Waals surface area contributed by atoms with Gasteiger partial charge in [0.15, 0.2) is 12.4 Å². The number of rotatable bonds is 7. The van der Waals surface area contributed by atoms with Gasteiger partial charge >= 0.3 is 5.97 Å². The number of aromatic nitrogens is 3. The van der Waals surface area contributed by atoms with Crippen LogP contribution in [0.25, 0.3) is 0 Å². The first-order valence-corrected chi connectivity index (χ1v) is 10.8. The summed E-state index contributed by atoms with van der Waals surface area (Å²) in [7, 11) is 1.50. The van der Waals surface area contributed by atoms with Gasteiger partial charge in [0.25, 0.3) is 0 Å². The summed E-state index contributed by atoms with van der Waals surface area (Å²) in [4.78, 5) is 39.1. The molecule has 1 aromatic heterocycles. The van der Waals surface area contributed by atoms with E-state index in [4.69, 9.17) is 26.8 Å². The minimum absolute atomic E-state index is 0.00801. The number of nitrogens with two attached hydrogens (primary N) is 1. The smallest absolute Gasteiger partial charge is 0.311 e. The molecular formula is C23H23ClN6O4. The molecule has 1 fully saturated rings. The molecule has 0 spiro atoms. The van der Waals surface area contributed by atoms with Crippen molar-refractivity contribution in [2.45, 2.75) is 20.0 Å². The third-order valence-corrected chi connectivity index (χ3v) is 5.48. The van der Waals surface area contributed by atoms with Gasteiger partial charge in [-0.15, -0.1) is 0 Å². The molecule has 1 atom stereocenters. The molecule has 4 rings (SSSR count). The Hall–Kier alpha value is -3.92. The third kappa shape index (κ3) is 5.34. The Morgan fingerprint density at radius 3 is 2.71 bits per heavy atom. The minimum atomic E-state index is -0.652. The number of methoxy groups -OCH3 is 1. The SMILES string of the molecule is COc1ccc(Cl)cc1N1C[C@H](C(=O)OCc2nc(N)nc(Nc3ccc(C)cc3)n2)CC1=O. The Bertz CT molecular complexity index is 1220. The number of benzene rings is 2. The summed E-state index contributed by atoms with van der Waals surface area (Å²) in [5.74, 6) is -0.515. The van der Waals surface area contributed by atoms with Gasteiger partial charge in [0, 0.05) is 23.7 Å². The molecule has 0 aliphatic carbocycles. The van der Waals surface area contributed by atoms with E-state index < -0.39 is 11.9 Å². The van der Waals surface area contributed by atoms with Crippen LogP contribution in [0.2, 0.25) is 5.02 Å². The van der Waals surface area contributed by atoms with Crippen molar-refractivity contribution in [2.24, 2.45) is 5.92 Å². The first-order chi connectivity index (χ1) is 16.3. The summed E-state index contributed by atoms with van der Waals surface area (Å²) in [6.07, 6.45) is 0.00801. The zero-order chi connectivity index (χ0) is 24.2. The molecule has 2 aromatic carbocycles. The van der Waals surface area contributed by atoms with Crippen LogP contribution in [0.3, 0.4) is 0 Å². The molecule has 34 heavy (non-hydrogen) atoms. The molecule has 1 aliphatic heterocycles. The van der Waals surface area contributed by atoms with Gasteiger partial charge in [-0.05, 0) is 37.3 Å². The number of carbonyl (C=O) groups excluding carboxylic acids is 2. The molecule has 176 valence electrons. The molecule has 0 radical (unpaired) electrons. The second-order valence-corrected chi connectivity index (χ2v) is 8.19. The standard InChI is InChI=1S/C23H23ClN6O4/c1-13-3-6-16(7-4-13)26-23-28-19(27-22(25)29-23)12-34-21(32)14-9-20(31)30(11-14)17-10-15(24)5-8-18(17)33-2/h3-8,10,14H,9,11-12H2,1-2H3,(H3,25,26,27,28,29)/t14-/m1/s1. The van der Waals surface area contributed by atoms with Crippen molar-refractivity contribution in [2.75, 3.05) is 29.6 Å². The van der Waals surface area contributed by atoms with Crippen LogP contribution in [-0.4, -0.2) is 40.5 Å². The second kappa shape index (κ2) is 9.92. The van der Waals surface area contributed by atoms with Crippen molar-refractivity contribution < 1.29 is 19.1 Å². The number of halogens is 1. The summed E-state index contributed by atoms with van der Waals surface area (Å²) < 4.78 is 10.7. The molecule has 2 heterocycles. The van der Waals surface area contributed by atoms with E-state index in [2.05, 4.69) is 20.3 Å². The van der Waals surface area contributed by atoms with Crippen LogP contribution in [0, 0.1) is 12.8 Å². The van der Waals surface area contributed by atoms with Gasteiger partial charge in [0.05, 0.1) is 18.7 Å². The van der Waals surface area contributed by atoms with E-state index in [-0.39, 0.29) is 43.2 Å². The minimum Gasteiger partial charge on any atom is -0.495 e. The van der Waals surface area contributed by atoms with Crippen molar-refractivity contribution in [1.82, 2.24) is 15.0 Å². The monoisotopic (exact) mass is 482 g/mol. The zero-order valence-electron chi connectivity index (χ0n) is 18.6. The molecule has 1 amide bonds. The average molecular weight is 483 g/mol. The van der Waals surface area contributed by atoms with Gasteiger partial charge in [-0.2, -0.15) is 15.0 Å². The Balaban J connectivity index is 1.40. The summed E-state index contributed by atoms with van der Waals surface area (Å²) in [5, 5.41) is 3.50.